The van der Waals surface area contributed by atoms with E-state index in [9.17, 15) is 9.59 Å². The second-order valence-corrected chi connectivity index (χ2v) is 10.2. The van der Waals surface area contributed by atoms with Crippen molar-refractivity contribution in [2.45, 2.75) is 46.1 Å². The molecule has 1 saturated carbocycles. The molecule has 0 aromatic heterocycles. The molecule has 1 aliphatic carbocycles. The highest BCUT2D eigenvalue weighted by Gasteiger charge is 2.42. The Morgan fingerprint density at radius 2 is 1.43 bits per heavy atom. The van der Waals surface area contributed by atoms with Gasteiger partial charge < -0.3 is 10.6 Å². The van der Waals surface area contributed by atoms with E-state index in [0.29, 0.717) is 27.7 Å². The molecule has 0 saturated heterocycles. The molecule has 0 spiro atoms. The topological polar surface area (TPSA) is 58.2 Å². The van der Waals surface area contributed by atoms with E-state index in [1.54, 1.807) is 42.5 Å². The van der Waals surface area contributed by atoms with Gasteiger partial charge in [-0.25, -0.2) is 0 Å². The summed E-state index contributed by atoms with van der Waals surface area (Å²) in [7, 11) is 0. The Labute approximate surface area is 188 Å². The second-order valence-electron chi connectivity index (χ2n) is 9.37. The molecule has 6 heteroatoms. The van der Waals surface area contributed by atoms with Crippen LogP contribution in [-0.2, 0) is 0 Å². The Morgan fingerprint density at radius 1 is 0.900 bits per heavy atom. The summed E-state index contributed by atoms with van der Waals surface area (Å²) in [5.41, 5.74) is 0.829. The summed E-state index contributed by atoms with van der Waals surface area (Å²) in [6.45, 7) is 7.08. The summed E-state index contributed by atoms with van der Waals surface area (Å²) >= 11 is 12.3. The van der Waals surface area contributed by atoms with Crippen LogP contribution in [-0.4, -0.2) is 24.4 Å². The van der Waals surface area contributed by atoms with Gasteiger partial charge in [-0.1, -0.05) is 68.2 Å². The summed E-state index contributed by atoms with van der Waals surface area (Å²) in [5, 5.41) is 7.09. The van der Waals surface area contributed by atoms with E-state index < -0.39 is 0 Å². The van der Waals surface area contributed by atoms with Gasteiger partial charge in [-0.15, -0.1) is 0 Å². The molecule has 1 fully saturated rings. The number of rotatable bonds is 5. The zero-order valence-corrected chi connectivity index (χ0v) is 19.1. The minimum absolute atomic E-state index is 0.000243. The normalized spacial score (nSPS) is 22.9. The average molecular weight is 447 g/mol. The van der Waals surface area contributed by atoms with E-state index in [-0.39, 0.29) is 28.7 Å². The fourth-order valence-electron chi connectivity index (χ4n) is 4.81. The lowest BCUT2D eigenvalue weighted by atomic mass is 9.62. The van der Waals surface area contributed by atoms with Crippen molar-refractivity contribution in [3.05, 3.63) is 69.7 Å². The third-order valence-electron chi connectivity index (χ3n) is 5.69. The molecule has 30 heavy (non-hydrogen) atoms. The van der Waals surface area contributed by atoms with E-state index in [1.165, 1.54) is 0 Å². The fourth-order valence-corrected chi connectivity index (χ4v) is 5.26. The maximum atomic E-state index is 12.8. The van der Waals surface area contributed by atoms with Gasteiger partial charge in [-0.2, -0.15) is 0 Å². The highest BCUT2D eigenvalue weighted by atomic mass is 35.5. The van der Waals surface area contributed by atoms with E-state index in [2.05, 4.69) is 31.4 Å². The van der Waals surface area contributed by atoms with Crippen molar-refractivity contribution in [1.29, 1.82) is 0 Å². The van der Waals surface area contributed by atoms with E-state index in [0.717, 1.165) is 19.3 Å². The molecule has 2 amide bonds. The molecule has 2 aromatic rings. The predicted octanol–water partition coefficient (Wildman–Crippen LogP) is 5.74. The summed E-state index contributed by atoms with van der Waals surface area (Å²) in [4.78, 5) is 25.4. The maximum absolute atomic E-state index is 12.8. The molecule has 0 radical (unpaired) electrons. The predicted molar refractivity (Wildman–Crippen MR) is 122 cm³/mol. The van der Waals surface area contributed by atoms with E-state index >= 15 is 0 Å². The Hall–Kier alpha value is -2.04. The van der Waals surface area contributed by atoms with Crippen molar-refractivity contribution in [2.75, 3.05) is 6.54 Å². The van der Waals surface area contributed by atoms with Gasteiger partial charge in [0.1, 0.15) is 0 Å². The van der Waals surface area contributed by atoms with Gasteiger partial charge in [0.05, 0.1) is 21.2 Å². The third-order valence-corrected chi connectivity index (χ3v) is 6.35. The molecule has 2 aromatic carbocycles. The number of amides is 2. The molecule has 0 heterocycles. The van der Waals surface area contributed by atoms with Crippen LogP contribution in [0, 0.1) is 10.8 Å². The molecule has 1 aliphatic rings. The van der Waals surface area contributed by atoms with Crippen LogP contribution in [0.5, 0.6) is 0 Å². The summed E-state index contributed by atoms with van der Waals surface area (Å²) in [6.07, 6.45) is 2.59. The molecule has 2 N–H and O–H groups in total. The first-order valence-corrected chi connectivity index (χ1v) is 10.9. The molecule has 0 bridgehead atoms. The van der Waals surface area contributed by atoms with Crippen LogP contribution in [0.3, 0.4) is 0 Å². The van der Waals surface area contributed by atoms with Crippen LogP contribution in [0.15, 0.2) is 48.5 Å². The molecule has 3 rings (SSSR count). The number of nitrogens with one attached hydrogen (secondary N) is 2. The highest BCUT2D eigenvalue weighted by Crippen LogP contribution is 2.46. The summed E-state index contributed by atoms with van der Waals surface area (Å²) < 4.78 is 0. The van der Waals surface area contributed by atoms with Gasteiger partial charge in [0.2, 0.25) is 0 Å². The Balaban J connectivity index is 1.69. The van der Waals surface area contributed by atoms with Crippen molar-refractivity contribution in [2.24, 2.45) is 10.8 Å². The molecule has 160 valence electrons. The van der Waals surface area contributed by atoms with Gasteiger partial charge in [-0.05, 0) is 54.4 Å². The first kappa shape index (κ1) is 22.6. The lowest BCUT2D eigenvalue weighted by molar-refractivity contribution is 0.0592. The molecule has 0 aliphatic heterocycles. The van der Waals surface area contributed by atoms with Gasteiger partial charge in [-0.3, -0.25) is 9.59 Å². The Morgan fingerprint density at radius 3 is 2.00 bits per heavy atom. The maximum Gasteiger partial charge on any atom is 0.253 e. The smallest absolute Gasteiger partial charge is 0.253 e. The number of carbonyl (C=O) groups is 2. The lowest BCUT2D eigenvalue weighted by Gasteiger charge is -2.47. The van der Waals surface area contributed by atoms with Gasteiger partial charge in [0.25, 0.3) is 11.8 Å². The quantitative estimate of drug-likeness (QED) is 0.614. The van der Waals surface area contributed by atoms with Crippen LogP contribution >= 0.6 is 23.2 Å². The number of hydrogen-bond donors (Lipinski definition) is 2. The lowest BCUT2D eigenvalue weighted by Crippen LogP contribution is -2.50. The van der Waals surface area contributed by atoms with E-state index in [1.807, 2.05) is 6.07 Å². The van der Waals surface area contributed by atoms with E-state index in [4.69, 9.17) is 23.2 Å². The summed E-state index contributed by atoms with van der Waals surface area (Å²) in [6, 6.07) is 14.1. The van der Waals surface area contributed by atoms with Crippen LogP contribution < -0.4 is 10.6 Å². The number of carbonyl (C=O) groups excluding carboxylic acids is 2. The Kier molecular flexibility index (Phi) is 6.78. The third kappa shape index (κ3) is 5.55. The van der Waals surface area contributed by atoms with Crippen molar-refractivity contribution in [3.63, 3.8) is 0 Å². The highest BCUT2D eigenvalue weighted by molar-refractivity contribution is 6.34. The number of benzene rings is 2. The number of hydrogen-bond acceptors (Lipinski definition) is 2. The largest absolute Gasteiger partial charge is 0.351 e. The molecule has 0 unspecified atom stereocenters. The molecule has 2 atom stereocenters. The zero-order chi connectivity index (χ0) is 21.9. The molecular formula is C24H28Cl2N2O2. The monoisotopic (exact) mass is 446 g/mol. The first-order chi connectivity index (χ1) is 14.1. The van der Waals surface area contributed by atoms with Gasteiger partial charge in [0, 0.05) is 12.6 Å². The first-order valence-electron chi connectivity index (χ1n) is 10.2. The minimum Gasteiger partial charge on any atom is -0.351 e. The number of halogens is 2. The average Bonchev–Trinajstić information content (AvgIpc) is 2.65. The van der Waals surface area contributed by atoms with Crippen molar-refractivity contribution in [3.8, 4) is 0 Å². The SMILES string of the molecule is CC1(C)C[C@H](NC(=O)c2ccccc2Cl)C[C@@](C)(CNC(=O)c2ccccc2Cl)C1. The standard InChI is InChI=1S/C24H28Cl2N2O2/c1-23(2)12-16(28-22(30)18-9-5-7-11-20(18)26)13-24(3,14-23)15-27-21(29)17-8-4-6-10-19(17)25/h4-11,16H,12-15H2,1-3H3,(H,27,29)(H,28,30)/t16-,24+/m0/s1. The van der Waals surface area contributed by atoms with Crippen molar-refractivity contribution < 1.29 is 9.59 Å². The van der Waals surface area contributed by atoms with Crippen molar-refractivity contribution >= 4 is 35.0 Å². The fraction of sp³-hybridized carbons (Fsp3) is 0.417. The summed E-state index contributed by atoms with van der Waals surface area (Å²) in [5.74, 6) is -0.340. The van der Waals surface area contributed by atoms with Gasteiger partial charge in [0.15, 0.2) is 0 Å². The Bertz CT molecular complexity index is 944. The minimum atomic E-state index is -0.179. The molecular weight excluding hydrogens is 419 g/mol. The van der Waals surface area contributed by atoms with Crippen LogP contribution in [0.1, 0.15) is 60.7 Å². The van der Waals surface area contributed by atoms with Crippen LogP contribution in [0.4, 0.5) is 0 Å². The second kappa shape index (κ2) is 8.99. The zero-order valence-electron chi connectivity index (χ0n) is 17.6. The van der Waals surface area contributed by atoms with Crippen LogP contribution in [0.25, 0.3) is 0 Å². The van der Waals surface area contributed by atoms with Crippen molar-refractivity contribution in [1.82, 2.24) is 10.6 Å². The van der Waals surface area contributed by atoms with Crippen LogP contribution in [0.2, 0.25) is 10.0 Å². The van der Waals surface area contributed by atoms with Gasteiger partial charge >= 0.3 is 0 Å². The molecule has 4 nitrogen and oxygen atoms in total.